The fraction of sp³-hybridized carbons (Fsp3) is 0.385. The Hall–Kier alpha value is -3.06. The van der Waals surface area contributed by atoms with Crippen molar-refractivity contribution < 1.29 is 36.5 Å². The summed E-state index contributed by atoms with van der Waals surface area (Å²) in [5.41, 5.74) is 0.552. The van der Waals surface area contributed by atoms with Crippen LogP contribution in [-0.2, 0) is 28.6 Å². The van der Waals surface area contributed by atoms with Gasteiger partial charge in [-0.3, -0.25) is 33.6 Å². The number of thioether (sulfide) groups is 1. The van der Waals surface area contributed by atoms with Crippen molar-refractivity contribution in [3.05, 3.63) is 59.7 Å². The standard InChI is InChI=1S/C26H28N2O8S2/c29-22-13-12-20(24(30)27-22)28-25(31)19-10-6-11-21(23(19)26(28)32)37-17-7-15-35-14-4-5-16-36-38(33,34)18-8-2-1-3-9-18/h1-3,6,8-11,20H,4-5,7,12-17H2,(H,27,29,30). The first kappa shape index (κ1) is 28.0. The highest BCUT2D eigenvalue weighted by molar-refractivity contribution is 7.99. The molecule has 202 valence electrons. The van der Waals surface area contributed by atoms with Gasteiger partial charge >= 0.3 is 0 Å². The predicted molar refractivity (Wildman–Crippen MR) is 138 cm³/mol. The van der Waals surface area contributed by atoms with E-state index in [0.29, 0.717) is 48.7 Å². The van der Waals surface area contributed by atoms with E-state index < -0.39 is 39.8 Å². The highest BCUT2D eigenvalue weighted by Crippen LogP contribution is 2.34. The van der Waals surface area contributed by atoms with Gasteiger partial charge in [-0.15, -0.1) is 11.8 Å². The number of hydrogen-bond acceptors (Lipinski definition) is 9. The van der Waals surface area contributed by atoms with Gasteiger partial charge in [-0.2, -0.15) is 8.42 Å². The van der Waals surface area contributed by atoms with Crippen LogP contribution in [0.2, 0.25) is 0 Å². The van der Waals surface area contributed by atoms with Crippen molar-refractivity contribution in [3.8, 4) is 0 Å². The zero-order valence-electron chi connectivity index (χ0n) is 20.6. The summed E-state index contributed by atoms with van der Waals surface area (Å²) in [5.74, 6) is -1.44. The number of carbonyl (C=O) groups is 4. The minimum absolute atomic E-state index is 0.0746. The third-order valence-corrected chi connectivity index (χ3v) is 8.54. The quantitative estimate of drug-likeness (QED) is 0.170. The highest BCUT2D eigenvalue weighted by atomic mass is 32.2. The number of nitrogens with one attached hydrogen (secondary N) is 1. The van der Waals surface area contributed by atoms with Gasteiger partial charge in [0, 0.05) is 30.3 Å². The van der Waals surface area contributed by atoms with Gasteiger partial charge in [0.2, 0.25) is 11.8 Å². The summed E-state index contributed by atoms with van der Waals surface area (Å²) in [4.78, 5) is 51.5. The van der Waals surface area contributed by atoms with Crippen molar-refractivity contribution in [2.24, 2.45) is 0 Å². The van der Waals surface area contributed by atoms with E-state index in [-0.39, 0.29) is 29.9 Å². The molecular weight excluding hydrogens is 532 g/mol. The first-order valence-corrected chi connectivity index (χ1v) is 14.7. The summed E-state index contributed by atoms with van der Waals surface area (Å²) < 4.78 is 34.8. The van der Waals surface area contributed by atoms with Gasteiger partial charge in [0.25, 0.3) is 21.9 Å². The molecule has 4 amide bonds. The number of hydrogen-bond donors (Lipinski definition) is 1. The first-order valence-electron chi connectivity index (χ1n) is 12.3. The summed E-state index contributed by atoms with van der Waals surface area (Å²) in [5, 5.41) is 2.20. The molecule has 0 aromatic heterocycles. The van der Waals surface area contributed by atoms with Crippen LogP contribution in [0, 0.1) is 0 Å². The van der Waals surface area contributed by atoms with E-state index in [2.05, 4.69) is 5.32 Å². The number of carbonyl (C=O) groups excluding carboxylic acids is 4. The number of imide groups is 2. The Morgan fingerprint density at radius 2 is 1.63 bits per heavy atom. The van der Waals surface area contributed by atoms with Crippen LogP contribution in [0.1, 0.15) is 52.8 Å². The second-order valence-electron chi connectivity index (χ2n) is 8.74. The summed E-state index contributed by atoms with van der Waals surface area (Å²) in [6, 6.07) is 12.1. The lowest BCUT2D eigenvalue weighted by atomic mass is 10.0. The molecule has 10 nitrogen and oxygen atoms in total. The number of benzene rings is 2. The van der Waals surface area contributed by atoms with Gasteiger partial charge in [0.05, 0.1) is 22.6 Å². The van der Waals surface area contributed by atoms with Crippen LogP contribution in [-0.4, -0.2) is 68.6 Å². The third-order valence-electron chi connectivity index (χ3n) is 6.07. The van der Waals surface area contributed by atoms with Crippen LogP contribution in [0.15, 0.2) is 58.3 Å². The van der Waals surface area contributed by atoms with Crippen molar-refractivity contribution in [3.63, 3.8) is 0 Å². The van der Waals surface area contributed by atoms with Crippen molar-refractivity contribution in [1.29, 1.82) is 0 Å². The van der Waals surface area contributed by atoms with E-state index in [0.717, 1.165) is 4.90 Å². The lowest BCUT2D eigenvalue weighted by Crippen LogP contribution is -2.54. The van der Waals surface area contributed by atoms with E-state index in [1.54, 1.807) is 36.4 Å². The molecule has 2 aliphatic rings. The fourth-order valence-corrected chi connectivity index (χ4v) is 6.14. The summed E-state index contributed by atoms with van der Waals surface area (Å²) in [7, 11) is -3.74. The molecule has 1 N–H and O–H groups in total. The lowest BCUT2D eigenvalue weighted by molar-refractivity contribution is -0.136. The van der Waals surface area contributed by atoms with Gasteiger partial charge < -0.3 is 4.74 Å². The summed E-state index contributed by atoms with van der Waals surface area (Å²) in [6.45, 7) is 1.03. The molecule has 0 saturated carbocycles. The molecule has 2 aliphatic heterocycles. The molecule has 1 atom stereocenters. The van der Waals surface area contributed by atoms with Crippen LogP contribution in [0.3, 0.4) is 0 Å². The Labute approximate surface area is 225 Å². The van der Waals surface area contributed by atoms with E-state index in [1.807, 2.05) is 0 Å². The molecular formula is C26H28N2O8S2. The topological polar surface area (TPSA) is 136 Å². The monoisotopic (exact) mass is 560 g/mol. The second-order valence-corrected chi connectivity index (χ2v) is 11.5. The Kier molecular flexibility index (Phi) is 9.31. The highest BCUT2D eigenvalue weighted by Gasteiger charge is 2.45. The minimum Gasteiger partial charge on any atom is -0.381 e. The smallest absolute Gasteiger partial charge is 0.296 e. The zero-order valence-corrected chi connectivity index (χ0v) is 22.2. The number of piperidine rings is 1. The summed E-state index contributed by atoms with van der Waals surface area (Å²) >= 11 is 1.43. The van der Waals surface area contributed by atoms with Crippen molar-refractivity contribution in [1.82, 2.24) is 10.2 Å². The SMILES string of the molecule is O=C1CCC(N2C(=O)c3cccc(SCCCOCCCCOS(=O)(=O)c4ccccc4)c3C2=O)C(=O)N1. The molecule has 2 aromatic carbocycles. The predicted octanol–water partition coefficient (Wildman–Crippen LogP) is 2.77. The molecule has 1 unspecified atom stereocenters. The maximum Gasteiger partial charge on any atom is 0.296 e. The molecule has 0 aliphatic carbocycles. The number of rotatable bonds is 13. The van der Waals surface area contributed by atoms with Gasteiger partial charge in [0.15, 0.2) is 0 Å². The van der Waals surface area contributed by atoms with Gasteiger partial charge in [0.1, 0.15) is 6.04 Å². The first-order chi connectivity index (χ1) is 18.3. The minimum atomic E-state index is -3.74. The number of amides is 4. The van der Waals surface area contributed by atoms with Gasteiger partial charge in [-0.1, -0.05) is 24.3 Å². The Balaban J connectivity index is 1.17. The molecule has 0 bridgehead atoms. The second kappa shape index (κ2) is 12.7. The van der Waals surface area contributed by atoms with Crippen LogP contribution < -0.4 is 5.32 Å². The van der Waals surface area contributed by atoms with Crippen LogP contribution in [0.4, 0.5) is 0 Å². The normalized spacial score (nSPS) is 17.6. The fourth-order valence-electron chi connectivity index (χ4n) is 4.18. The molecule has 0 spiro atoms. The van der Waals surface area contributed by atoms with Crippen LogP contribution in [0.25, 0.3) is 0 Å². The van der Waals surface area contributed by atoms with Gasteiger partial charge in [-0.05, 0) is 49.9 Å². The average Bonchev–Trinajstić information content (AvgIpc) is 3.16. The molecule has 38 heavy (non-hydrogen) atoms. The number of unbranched alkanes of at least 4 members (excludes halogenated alkanes) is 1. The molecule has 1 saturated heterocycles. The number of ether oxygens (including phenoxy) is 1. The molecule has 2 aromatic rings. The molecule has 1 fully saturated rings. The molecule has 4 rings (SSSR count). The maximum absolute atomic E-state index is 13.1. The Bertz CT molecular complexity index is 1310. The average molecular weight is 561 g/mol. The Morgan fingerprint density at radius 1 is 0.895 bits per heavy atom. The van der Waals surface area contributed by atoms with Crippen molar-refractivity contribution >= 4 is 45.5 Å². The van der Waals surface area contributed by atoms with Crippen molar-refractivity contribution in [2.75, 3.05) is 25.6 Å². The molecule has 12 heteroatoms. The van der Waals surface area contributed by atoms with Crippen LogP contribution >= 0.6 is 11.8 Å². The maximum atomic E-state index is 13.1. The summed E-state index contributed by atoms with van der Waals surface area (Å²) in [6.07, 6.45) is 2.08. The number of fused-ring (bicyclic) bond motifs is 1. The zero-order chi connectivity index (χ0) is 27.1. The van der Waals surface area contributed by atoms with E-state index in [1.165, 1.54) is 23.9 Å². The van der Waals surface area contributed by atoms with E-state index >= 15 is 0 Å². The van der Waals surface area contributed by atoms with Gasteiger partial charge in [-0.25, -0.2) is 0 Å². The van der Waals surface area contributed by atoms with Crippen LogP contribution in [0.5, 0.6) is 0 Å². The van der Waals surface area contributed by atoms with E-state index in [4.69, 9.17) is 8.92 Å². The van der Waals surface area contributed by atoms with E-state index in [9.17, 15) is 27.6 Å². The largest absolute Gasteiger partial charge is 0.381 e. The number of nitrogens with zero attached hydrogens (tertiary/aromatic N) is 1. The Morgan fingerprint density at radius 3 is 2.39 bits per heavy atom. The molecule has 2 heterocycles. The third kappa shape index (κ3) is 6.49. The van der Waals surface area contributed by atoms with Crippen molar-refractivity contribution in [2.45, 2.75) is 47.9 Å². The lowest BCUT2D eigenvalue weighted by Gasteiger charge is -2.27. The molecule has 0 radical (unpaired) electrons.